The SMILES string of the molecule is [CH]=C(Br)CCC. The van der Waals surface area contributed by atoms with Crippen molar-refractivity contribution in [3.63, 3.8) is 0 Å². The van der Waals surface area contributed by atoms with E-state index in [1.165, 1.54) is 0 Å². The van der Waals surface area contributed by atoms with E-state index in [0.29, 0.717) is 0 Å². The van der Waals surface area contributed by atoms with E-state index in [1.54, 1.807) is 0 Å². The second-order valence-electron chi connectivity index (χ2n) is 1.20. The van der Waals surface area contributed by atoms with Crippen LogP contribution in [0, 0.1) is 6.58 Å². The minimum absolute atomic E-state index is 0.852. The predicted octanol–water partition coefficient (Wildman–Crippen LogP) is 2.50. The van der Waals surface area contributed by atoms with E-state index in [0.717, 1.165) is 17.3 Å². The first-order valence-electron chi connectivity index (χ1n) is 2.04. The molecule has 0 saturated heterocycles. The van der Waals surface area contributed by atoms with Crippen LogP contribution in [-0.2, 0) is 0 Å². The lowest BCUT2D eigenvalue weighted by atomic mass is 10.3. The van der Waals surface area contributed by atoms with Crippen molar-refractivity contribution in [2.45, 2.75) is 19.8 Å². The van der Waals surface area contributed by atoms with Crippen molar-refractivity contribution in [2.75, 3.05) is 0 Å². The van der Waals surface area contributed by atoms with Gasteiger partial charge in [-0.15, -0.1) is 0 Å². The first-order valence-corrected chi connectivity index (χ1v) is 2.83. The lowest BCUT2D eigenvalue weighted by Gasteiger charge is -1.84. The maximum absolute atomic E-state index is 5.24. The van der Waals surface area contributed by atoms with Gasteiger partial charge in [0.25, 0.3) is 0 Å². The Morgan fingerprint density at radius 3 is 2.33 bits per heavy atom. The third kappa shape index (κ3) is 4.22. The molecule has 0 spiro atoms. The molecule has 0 aliphatic heterocycles. The van der Waals surface area contributed by atoms with E-state index in [1.807, 2.05) is 0 Å². The van der Waals surface area contributed by atoms with Gasteiger partial charge in [-0.05, 0) is 10.9 Å². The van der Waals surface area contributed by atoms with Crippen LogP contribution < -0.4 is 0 Å². The quantitative estimate of drug-likeness (QED) is 0.564. The minimum atomic E-state index is 0.852. The van der Waals surface area contributed by atoms with Gasteiger partial charge in [-0.25, -0.2) is 0 Å². The van der Waals surface area contributed by atoms with Crippen LogP contribution in [0.2, 0.25) is 0 Å². The summed E-state index contributed by atoms with van der Waals surface area (Å²) in [6, 6.07) is 0. The summed E-state index contributed by atoms with van der Waals surface area (Å²) in [4.78, 5) is 0. The normalized spacial score (nSPS) is 8.33. The standard InChI is InChI=1S/C5H8Br/c1-3-4-5(2)6/h2H,3-4H2,1H3. The van der Waals surface area contributed by atoms with E-state index in [9.17, 15) is 0 Å². The Kier molecular flexibility index (Phi) is 3.54. The average molecular weight is 148 g/mol. The fourth-order valence-corrected chi connectivity index (χ4v) is 0.635. The molecule has 0 unspecified atom stereocenters. The summed E-state index contributed by atoms with van der Waals surface area (Å²) in [5, 5.41) is 0. The highest BCUT2D eigenvalue weighted by atomic mass is 79.9. The molecule has 0 N–H and O–H groups in total. The summed E-state index contributed by atoms with van der Waals surface area (Å²) in [5.41, 5.74) is 0. The van der Waals surface area contributed by atoms with E-state index in [4.69, 9.17) is 6.58 Å². The summed E-state index contributed by atoms with van der Waals surface area (Å²) in [6.07, 6.45) is 2.11. The smallest absolute Gasteiger partial charge is 0.00492 e. The highest BCUT2D eigenvalue weighted by Gasteiger charge is 1.78. The Hall–Kier alpha value is 0.220. The van der Waals surface area contributed by atoms with Gasteiger partial charge in [-0.1, -0.05) is 35.9 Å². The molecule has 0 rings (SSSR count). The third-order valence-corrected chi connectivity index (χ3v) is 0.885. The zero-order chi connectivity index (χ0) is 4.99. The van der Waals surface area contributed by atoms with Crippen molar-refractivity contribution in [2.24, 2.45) is 0 Å². The molecule has 1 heteroatoms. The van der Waals surface area contributed by atoms with Gasteiger partial charge in [0.15, 0.2) is 0 Å². The number of allylic oxidation sites excluding steroid dienone is 1. The van der Waals surface area contributed by atoms with Crippen molar-refractivity contribution < 1.29 is 0 Å². The molecule has 0 saturated carbocycles. The van der Waals surface area contributed by atoms with Crippen molar-refractivity contribution >= 4 is 15.9 Å². The van der Waals surface area contributed by atoms with Crippen molar-refractivity contribution in [3.05, 3.63) is 11.1 Å². The van der Waals surface area contributed by atoms with Crippen LogP contribution in [0.1, 0.15) is 19.8 Å². The molecular formula is C5H8Br. The van der Waals surface area contributed by atoms with Crippen molar-refractivity contribution in [1.82, 2.24) is 0 Å². The number of hydrogen-bond donors (Lipinski definition) is 0. The molecule has 0 bridgehead atoms. The summed E-state index contributed by atoms with van der Waals surface area (Å²) < 4.78 is 0.852. The highest BCUT2D eigenvalue weighted by molar-refractivity contribution is 9.11. The van der Waals surface area contributed by atoms with Gasteiger partial charge in [0.2, 0.25) is 0 Å². The topological polar surface area (TPSA) is 0 Å². The average Bonchev–Trinajstić information content (AvgIpc) is 1.35. The second kappa shape index (κ2) is 3.41. The molecule has 0 aromatic rings. The summed E-state index contributed by atoms with van der Waals surface area (Å²) in [7, 11) is 0. The maximum atomic E-state index is 5.24. The monoisotopic (exact) mass is 147 g/mol. The number of hydrogen-bond acceptors (Lipinski definition) is 0. The van der Waals surface area contributed by atoms with Crippen LogP contribution in [0.15, 0.2) is 4.48 Å². The molecule has 0 atom stereocenters. The van der Waals surface area contributed by atoms with Gasteiger partial charge in [-0.2, -0.15) is 0 Å². The summed E-state index contributed by atoms with van der Waals surface area (Å²) >= 11 is 3.13. The molecule has 0 aromatic heterocycles. The van der Waals surface area contributed by atoms with Crippen molar-refractivity contribution in [3.8, 4) is 0 Å². The van der Waals surface area contributed by atoms with E-state index < -0.39 is 0 Å². The summed E-state index contributed by atoms with van der Waals surface area (Å²) in [5.74, 6) is 0. The molecule has 6 heavy (non-hydrogen) atoms. The first kappa shape index (κ1) is 6.22. The zero-order valence-electron chi connectivity index (χ0n) is 3.87. The fraction of sp³-hybridized carbons (Fsp3) is 0.600. The van der Waals surface area contributed by atoms with Crippen LogP contribution in [-0.4, -0.2) is 0 Å². The molecule has 0 heterocycles. The molecule has 0 aromatic carbocycles. The maximum Gasteiger partial charge on any atom is -0.00492 e. The van der Waals surface area contributed by atoms with Gasteiger partial charge in [0.05, 0.1) is 0 Å². The molecule has 0 nitrogen and oxygen atoms in total. The predicted molar refractivity (Wildman–Crippen MR) is 31.6 cm³/mol. The molecule has 0 fully saturated rings. The first-order chi connectivity index (χ1) is 2.77. The molecule has 0 aliphatic carbocycles. The van der Waals surface area contributed by atoms with Crippen LogP contribution in [0.25, 0.3) is 0 Å². The Bertz CT molecular complexity index is 47.9. The lowest BCUT2D eigenvalue weighted by molar-refractivity contribution is 0.952. The van der Waals surface area contributed by atoms with Crippen LogP contribution in [0.3, 0.4) is 0 Å². The molecule has 35 valence electrons. The Morgan fingerprint density at radius 1 is 1.83 bits per heavy atom. The highest BCUT2D eigenvalue weighted by Crippen LogP contribution is 2.06. The van der Waals surface area contributed by atoms with Gasteiger partial charge < -0.3 is 0 Å². The minimum Gasteiger partial charge on any atom is -0.0650 e. The Labute approximate surface area is 47.4 Å². The molecule has 1 radical (unpaired) electrons. The lowest BCUT2D eigenvalue weighted by Crippen LogP contribution is -1.62. The number of halogens is 1. The molecule has 0 aliphatic rings. The van der Waals surface area contributed by atoms with Gasteiger partial charge in [0.1, 0.15) is 0 Å². The van der Waals surface area contributed by atoms with Crippen LogP contribution in [0.4, 0.5) is 0 Å². The summed E-state index contributed by atoms with van der Waals surface area (Å²) in [6.45, 7) is 7.33. The van der Waals surface area contributed by atoms with Crippen LogP contribution >= 0.6 is 15.9 Å². The van der Waals surface area contributed by atoms with Gasteiger partial charge in [0, 0.05) is 0 Å². The Morgan fingerprint density at radius 2 is 2.33 bits per heavy atom. The molecular weight excluding hydrogens is 140 g/mol. The third-order valence-electron chi connectivity index (χ3n) is 0.489. The fourth-order valence-electron chi connectivity index (χ4n) is 0.239. The second-order valence-corrected chi connectivity index (χ2v) is 2.22. The number of rotatable bonds is 2. The largest absolute Gasteiger partial charge is 0.0650 e. The Balaban J connectivity index is 2.83. The van der Waals surface area contributed by atoms with Crippen LogP contribution in [0.5, 0.6) is 0 Å². The van der Waals surface area contributed by atoms with Gasteiger partial charge >= 0.3 is 0 Å². The van der Waals surface area contributed by atoms with Crippen molar-refractivity contribution in [1.29, 1.82) is 0 Å². The zero-order valence-corrected chi connectivity index (χ0v) is 5.46. The van der Waals surface area contributed by atoms with E-state index in [-0.39, 0.29) is 0 Å². The van der Waals surface area contributed by atoms with E-state index >= 15 is 0 Å². The van der Waals surface area contributed by atoms with Gasteiger partial charge in [-0.3, -0.25) is 0 Å². The van der Waals surface area contributed by atoms with E-state index in [2.05, 4.69) is 22.9 Å². The molecule has 0 amide bonds.